The van der Waals surface area contributed by atoms with Crippen LogP contribution in [0, 0.1) is 6.92 Å². The number of aliphatic carboxylic acids is 1. The first-order valence-electron chi connectivity index (χ1n) is 6.18. The Morgan fingerprint density at radius 2 is 2.24 bits per heavy atom. The minimum atomic E-state index is -1.17. The van der Waals surface area contributed by atoms with Gasteiger partial charge in [0.15, 0.2) is 0 Å². The number of nitrogens with one attached hydrogen (secondary N) is 1. The molecular weight excluding hydrogens is 312 g/mol. The SMILES string of the molecule is Cc1nc(-c2cccs2)sc1C(=O)N[C@@H](CCO)C(=O)O. The lowest BCUT2D eigenvalue weighted by molar-refractivity contribution is -0.139. The molecule has 0 aromatic carbocycles. The number of aliphatic hydroxyl groups is 1. The van der Waals surface area contributed by atoms with Crippen LogP contribution in [0.5, 0.6) is 0 Å². The summed E-state index contributed by atoms with van der Waals surface area (Å²) in [5.41, 5.74) is 0.564. The van der Waals surface area contributed by atoms with Crippen LogP contribution in [0.15, 0.2) is 17.5 Å². The van der Waals surface area contributed by atoms with Crippen LogP contribution in [0.3, 0.4) is 0 Å². The second-order valence-electron chi connectivity index (χ2n) is 4.29. The average Bonchev–Trinajstić information content (AvgIpc) is 3.06. The first kappa shape index (κ1) is 15.6. The summed E-state index contributed by atoms with van der Waals surface area (Å²) in [6, 6.07) is 2.71. The Morgan fingerprint density at radius 1 is 1.48 bits per heavy atom. The molecule has 0 fully saturated rings. The Kier molecular flexibility index (Phi) is 5.05. The van der Waals surface area contributed by atoms with Crippen molar-refractivity contribution in [2.75, 3.05) is 6.61 Å². The number of hydrogen-bond donors (Lipinski definition) is 3. The lowest BCUT2D eigenvalue weighted by Crippen LogP contribution is -2.41. The molecule has 0 aliphatic heterocycles. The van der Waals surface area contributed by atoms with Crippen LogP contribution in [0.25, 0.3) is 9.88 Å². The number of carboxylic acid groups (broad SMARTS) is 1. The highest BCUT2D eigenvalue weighted by molar-refractivity contribution is 7.22. The summed E-state index contributed by atoms with van der Waals surface area (Å²) in [5.74, 6) is -1.65. The number of amides is 1. The predicted octanol–water partition coefficient (Wildman–Crippen LogP) is 1.75. The molecule has 0 bridgehead atoms. The molecule has 8 heteroatoms. The summed E-state index contributed by atoms with van der Waals surface area (Å²) in [7, 11) is 0. The lowest BCUT2D eigenvalue weighted by atomic mass is 10.2. The van der Waals surface area contributed by atoms with E-state index in [0.29, 0.717) is 10.6 Å². The number of carboxylic acids is 1. The molecule has 0 aliphatic rings. The molecule has 0 saturated heterocycles. The zero-order valence-electron chi connectivity index (χ0n) is 11.2. The van der Waals surface area contributed by atoms with Crippen molar-refractivity contribution in [2.24, 2.45) is 0 Å². The second kappa shape index (κ2) is 6.79. The summed E-state index contributed by atoms with van der Waals surface area (Å²) in [4.78, 5) is 28.9. The number of aryl methyl sites for hydroxylation is 1. The minimum Gasteiger partial charge on any atom is -0.480 e. The number of nitrogens with zero attached hydrogens (tertiary/aromatic N) is 1. The molecule has 1 amide bonds. The van der Waals surface area contributed by atoms with E-state index in [1.807, 2.05) is 17.5 Å². The third-order valence-electron chi connectivity index (χ3n) is 2.76. The number of thiophene rings is 1. The normalized spacial score (nSPS) is 12.1. The number of hydrogen-bond acceptors (Lipinski definition) is 6. The van der Waals surface area contributed by atoms with E-state index in [0.717, 1.165) is 9.88 Å². The van der Waals surface area contributed by atoms with E-state index in [2.05, 4.69) is 10.3 Å². The zero-order chi connectivity index (χ0) is 15.4. The third kappa shape index (κ3) is 3.66. The Morgan fingerprint density at radius 3 is 2.81 bits per heavy atom. The van der Waals surface area contributed by atoms with Gasteiger partial charge in [0.1, 0.15) is 15.9 Å². The molecule has 2 aromatic rings. The van der Waals surface area contributed by atoms with E-state index in [9.17, 15) is 9.59 Å². The van der Waals surface area contributed by atoms with Crippen molar-refractivity contribution in [1.82, 2.24) is 10.3 Å². The highest BCUT2D eigenvalue weighted by Crippen LogP contribution is 2.31. The smallest absolute Gasteiger partial charge is 0.326 e. The van der Waals surface area contributed by atoms with Crippen molar-refractivity contribution in [2.45, 2.75) is 19.4 Å². The summed E-state index contributed by atoms with van der Waals surface area (Å²) < 4.78 is 0. The summed E-state index contributed by atoms with van der Waals surface area (Å²) in [6.45, 7) is 1.41. The van der Waals surface area contributed by atoms with Gasteiger partial charge >= 0.3 is 5.97 Å². The van der Waals surface area contributed by atoms with Gasteiger partial charge in [0.05, 0.1) is 10.6 Å². The number of rotatable bonds is 6. The topological polar surface area (TPSA) is 99.5 Å². The average molecular weight is 326 g/mol. The van der Waals surface area contributed by atoms with Crippen LogP contribution in [0.4, 0.5) is 0 Å². The Labute approximate surface area is 129 Å². The fourth-order valence-corrected chi connectivity index (χ4v) is 3.49. The summed E-state index contributed by atoms with van der Waals surface area (Å²) in [5, 5.41) is 22.9. The van der Waals surface area contributed by atoms with E-state index in [4.69, 9.17) is 10.2 Å². The molecule has 0 saturated carbocycles. The fourth-order valence-electron chi connectivity index (χ4n) is 1.72. The van der Waals surface area contributed by atoms with Crippen LogP contribution >= 0.6 is 22.7 Å². The number of aromatic nitrogens is 1. The van der Waals surface area contributed by atoms with E-state index in [1.165, 1.54) is 22.7 Å². The highest BCUT2D eigenvalue weighted by Gasteiger charge is 2.23. The van der Waals surface area contributed by atoms with E-state index in [-0.39, 0.29) is 13.0 Å². The molecule has 2 aromatic heterocycles. The molecule has 2 heterocycles. The Balaban J connectivity index is 2.18. The zero-order valence-corrected chi connectivity index (χ0v) is 12.8. The third-order valence-corrected chi connectivity index (χ3v) is 4.95. The van der Waals surface area contributed by atoms with Crippen LogP contribution in [0.2, 0.25) is 0 Å². The maximum absolute atomic E-state index is 12.2. The standard InChI is InChI=1S/C13H14N2O4S2/c1-7-10(11(17)15-8(4-5-16)13(18)19)21-12(14-7)9-3-2-6-20-9/h2-3,6,8,16H,4-5H2,1H3,(H,15,17)(H,18,19)/t8-/m0/s1. The van der Waals surface area contributed by atoms with Crippen LogP contribution < -0.4 is 5.32 Å². The van der Waals surface area contributed by atoms with Crippen LogP contribution in [-0.4, -0.2) is 39.7 Å². The molecule has 112 valence electrons. The van der Waals surface area contributed by atoms with Crippen molar-refractivity contribution >= 4 is 34.6 Å². The number of thiazole rings is 1. The molecule has 0 aliphatic carbocycles. The van der Waals surface area contributed by atoms with Gasteiger partial charge in [-0.25, -0.2) is 9.78 Å². The van der Waals surface area contributed by atoms with E-state index in [1.54, 1.807) is 6.92 Å². The molecule has 0 radical (unpaired) electrons. The Bertz CT molecular complexity index is 637. The molecule has 1 atom stereocenters. The summed E-state index contributed by atoms with van der Waals surface area (Å²) in [6.07, 6.45) is -0.0310. The van der Waals surface area contributed by atoms with Crippen LogP contribution in [-0.2, 0) is 4.79 Å². The molecule has 3 N–H and O–H groups in total. The van der Waals surface area contributed by atoms with Crippen molar-refractivity contribution < 1.29 is 19.8 Å². The Hall–Kier alpha value is -1.77. The van der Waals surface area contributed by atoms with Gasteiger partial charge in [-0.05, 0) is 18.4 Å². The van der Waals surface area contributed by atoms with Gasteiger partial charge in [0.25, 0.3) is 5.91 Å². The monoisotopic (exact) mass is 326 g/mol. The molecule has 0 unspecified atom stereocenters. The molecule has 2 rings (SSSR count). The van der Waals surface area contributed by atoms with E-state index < -0.39 is 17.9 Å². The first-order valence-corrected chi connectivity index (χ1v) is 7.88. The number of carbonyl (C=O) groups is 2. The second-order valence-corrected chi connectivity index (χ2v) is 6.23. The first-order chi connectivity index (χ1) is 10.0. The lowest BCUT2D eigenvalue weighted by Gasteiger charge is -2.12. The van der Waals surface area contributed by atoms with Gasteiger partial charge in [0.2, 0.25) is 0 Å². The largest absolute Gasteiger partial charge is 0.480 e. The summed E-state index contributed by atoms with van der Waals surface area (Å²) >= 11 is 2.75. The maximum atomic E-state index is 12.2. The number of carbonyl (C=O) groups excluding carboxylic acids is 1. The quantitative estimate of drug-likeness (QED) is 0.751. The van der Waals surface area contributed by atoms with Gasteiger partial charge in [0, 0.05) is 13.0 Å². The maximum Gasteiger partial charge on any atom is 0.326 e. The molecule has 0 spiro atoms. The van der Waals surface area contributed by atoms with Crippen molar-refractivity contribution in [3.63, 3.8) is 0 Å². The predicted molar refractivity (Wildman–Crippen MR) is 80.8 cm³/mol. The van der Waals surface area contributed by atoms with Crippen molar-refractivity contribution in [3.8, 4) is 9.88 Å². The van der Waals surface area contributed by atoms with Gasteiger partial charge < -0.3 is 15.5 Å². The molecule has 6 nitrogen and oxygen atoms in total. The van der Waals surface area contributed by atoms with Gasteiger partial charge in [-0.1, -0.05) is 6.07 Å². The highest BCUT2D eigenvalue weighted by atomic mass is 32.1. The minimum absolute atomic E-state index is 0.0310. The molecule has 21 heavy (non-hydrogen) atoms. The van der Waals surface area contributed by atoms with Gasteiger partial charge in [-0.3, -0.25) is 4.79 Å². The van der Waals surface area contributed by atoms with Crippen molar-refractivity contribution in [3.05, 3.63) is 28.1 Å². The van der Waals surface area contributed by atoms with Crippen molar-refractivity contribution in [1.29, 1.82) is 0 Å². The van der Waals surface area contributed by atoms with Crippen LogP contribution in [0.1, 0.15) is 21.8 Å². The molecular formula is C13H14N2O4S2. The van der Waals surface area contributed by atoms with Gasteiger partial charge in [-0.2, -0.15) is 0 Å². The fraction of sp³-hybridized carbons (Fsp3) is 0.308. The van der Waals surface area contributed by atoms with Gasteiger partial charge in [-0.15, -0.1) is 22.7 Å². The van der Waals surface area contributed by atoms with E-state index >= 15 is 0 Å². The number of aliphatic hydroxyl groups excluding tert-OH is 1.